The Labute approximate surface area is 96.3 Å². The lowest BCUT2D eigenvalue weighted by molar-refractivity contribution is 0.0959. The van der Waals surface area contributed by atoms with Gasteiger partial charge in [0.25, 0.3) is 5.91 Å². The maximum atomic E-state index is 11.5. The van der Waals surface area contributed by atoms with Gasteiger partial charge in [-0.25, -0.2) is 0 Å². The molecule has 0 fully saturated rings. The number of Topliss-reactive ketones (excluding diaryl/α,β-unsaturated/α-hetero) is 1. The van der Waals surface area contributed by atoms with E-state index in [1.807, 2.05) is 6.92 Å². The van der Waals surface area contributed by atoms with Crippen molar-refractivity contribution in [1.29, 1.82) is 0 Å². The van der Waals surface area contributed by atoms with Crippen LogP contribution in [0.2, 0.25) is 0 Å². The molecule has 1 N–H and O–H groups in total. The van der Waals surface area contributed by atoms with E-state index in [1.165, 1.54) is 11.3 Å². The van der Waals surface area contributed by atoms with Crippen LogP contribution in [0.25, 0.3) is 0 Å². The number of thioether (sulfide) groups is 1. The lowest BCUT2D eigenvalue weighted by Crippen LogP contribution is -2.21. The molecule has 0 unspecified atom stereocenters. The lowest BCUT2D eigenvalue weighted by Gasteiger charge is -2.07. The van der Waals surface area contributed by atoms with Gasteiger partial charge in [-0.05, 0) is 13.0 Å². The van der Waals surface area contributed by atoms with Crippen LogP contribution in [0.4, 0.5) is 0 Å². The second kappa shape index (κ2) is 4.37. The van der Waals surface area contributed by atoms with E-state index in [1.54, 1.807) is 17.8 Å². The lowest BCUT2D eigenvalue weighted by atomic mass is 10.1. The van der Waals surface area contributed by atoms with Crippen LogP contribution in [-0.2, 0) is 0 Å². The van der Waals surface area contributed by atoms with Gasteiger partial charge < -0.3 is 5.32 Å². The number of fused-ring (bicyclic) bond motifs is 1. The minimum atomic E-state index is -0.0784. The molecule has 5 heteroatoms. The van der Waals surface area contributed by atoms with Crippen molar-refractivity contribution in [2.45, 2.75) is 17.6 Å². The van der Waals surface area contributed by atoms with Gasteiger partial charge in [-0.15, -0.1) is 23.1 Å². The molecule has 0 bridgehead atoms. The number of amides is 1. The van der Waals surface area contributed by atoms with Gasteiger partial charge in [0.05, 0.1) is 9.09 Å². The van der Waals surface area contributed by atoms with Gasteiger partial charge >= 0.3 is 0 Å². The summed E-state index contributed by atoms with van der Waals surface area (Å²) in [6.07, 6.45) is 0.587. The van der Waals surface area contributed by atoms with Gasteiger partial charge in [0.1, 0.15) is 0 Å². The quantitative estimate of drug-likeness (QED) is 0.863. The SMILES string of the molecule is CCNC(=O)c1cc2c(s1)SCCC2=O. The first kappa shape index (κ1) is 10.7. The second-order valence-electron chi connectivity index (χ2n) is 3.19. The number of thiophene rings is 1. The smallest absolute Gasteiger partial charge is 0.261 e. The van der Waals surface area contributed by atoms with Gasteiger partial charge in [-0.1, -0.05) is 0 Å². The Balaban J connectivity index is 2.29. The summed E-state index contributed by atoms with van der Waals surface area (Å²) < 4.78 is 0.993. The summed E-state index contributed by atoms with van der Waals surface area (Å²) in [6, 6.07) is 1.72. The van der Waals surface area contributed by atoms with Crippen LogP contribution in [-0.4, -0.2) is 24.0 Å². The topological polar surface area (TPSA) is 46.2 Å². The van der Waals surface area contributed by atoms with Crippen molar-refractivity contribution in [3.8, 4) is 0 Å². The van der Waals surface area contributed by atoms with Crippen molar-refractivity contribution < 1.29 is 9.59 Å². The number of carbonyl (C=O) groups excluding carboxylic acids is 2. The fourth-order valence-corrected chi connectivity index (χ4v) is 3.79. The van der Waals surface area contributed by atoms with E-state index in [0.717, 1.165) is 15.5 Å². The summed E-state index contributed by atoms with van der Waals surface area (Å²) in [7, 11) is 0. The summed E-state index contributed by atoms with van der Waals surface area (Å²) >= 11 is 3.08. The molecule has 0 aliphatic carbocycles. The minimum absolute atomic E-state index is 0.0784. The Kier molecular flexibility index (Phi) is 3.11. The molecule has 0 saturated heterocycles. The fourth-order valence-electron chi connectivity index (χ4n) is 1.41. The molecule has 0 spiro atoms. The number of rotatable bonds is 2. The molecule has 1 aromatic heterocycles. The summed E-state index contributed by atoms with van der Waals surface area (Å²) in [5.74, 6) is 0.919. The molecule has 3 nitrogen and oxygen atoms in total. The Bertz CT molecular complexity index is 412. The molecule has 2 rings (SSSR count). The summed E-state index contributed by atoms with van der Waals surface area (Å²) in [4.78, 5) is 23.7. The highest BCUT2D eigenvalue weighted by Crippen LogP contribution is 2.36. The van der Waals surface area contributed by atoms with Gasteiger partial charge in [0.15, 0.2) is 5.78 Å². The van der Waals surface area contributed by atoms with E-state index in [-0.39, 0.29) is 11.7 Å². The largest absolute Gasteiger partial charge is 0.352 e. The number of hydrogen-bond acceptors (Lipinski definition) is 4. The van der Waals surface area contributed by atoms with E-state index in [0.29, 0.717) is 17.8 Å². The van der Waals surface area contributed by atoms with Crippen LogP contribution in [0, 0.1) is 0 Å². The molecule has 1 aromatic rings. The molecule has 2 heterocycles. The Morgan fingerprint density at radius 2 is 2.40 bits per heavy atom. The Morgan fingerprint density at radius 3 is 3.07 bits per heavy atom. The van der Waals surface area contributed by atoms with Gasteiger partial charge in [-0.2, -0.15) is 0 Å². The summed E-state index contributed by atoms with van der Waals surface area (Å²) in [5, 5.41) is 2.74. The molecule has 80 valence electrons. The molecule has 15 heavy (non-hydrogen) atoms. The van der Waals surface area contributed by atoms with E-state index < -0.39 is 0 Å². The van der Waals surface area contributed by atoms with Crippen LogP contribution in [0.3, 0.4) is 0 Å². The van der Waals surface area contributed by atoms with E-state index >= 15 is 0 Å². The number of hydrogen-bond donors (Lipinski definition) is 1. The molecular formula is C10H11NO2S2. The second-order valence-corrected chi connectivity index (χ2v) is 5.61. The third kappa shape index (κ3) is 2.08. The predicted molar refractivity (Wildman–Crippen MR) is 62.0 cm³/mol. The Hall–Kier alpha value is -0.810. The van der Waals surface area contributed by atoms with Crippen molar-refractivity contribution in [2.75, 3.05) is 12.3 Å². The zero-order valence-corrected chi connectivity index (χ0v) is 9.96. The Morgan fingerprint density at radius 1 is 1.60 bits per heavy atom. The zero-order valence-electron chi connectivity index (χ0n) is 8.33. The normalized spacial score (nSPS) is 14.9. The first-order chi connectivity index (χ1) is 7.22. The highest BCUT2D eigenvalue weighted by Gasteiger charge is 2.22. The van der Waals surface area contributed by atoms with E-state index in [9.17, 15) is 9.59 Å². The first-order valence-electron chi connectivity index (χ1n) is 4.80. The monoisotopic (exact) mass is 241 g/mol. The van der Waals surface area contributed by atoms with Crippen LogP contribution in [0.5, 0.6) is 0 Å². The number of nitrogens with one attached hydrogen (secondary N) is 1. The molecule has 1 aliphatic rings. The minimum Gasteiger partial charge on any atom is -0.352 e. The molecule has 0 atom stereocenters. The van der Waals surface area contributed by atoms with E-state index in [4.69, 9.17) is 0 Å². The van der Waals surface area contributed by atoms with Crippen molar-refractivity contribution in [3.05, 3.63) is 16.5 Å². The molecule has 0 saturated carbocycles. The summed E-state index contributed by atoms with van der Waals surface area (Å²) in [6.45, 7) is 2.49. The highest BCUT2D eigenvalue weighted by molar-refractivity contribution is 8.01. The van der Waals surface area contributed by atoms with Crippen LogP contribution in [0.15, 0.2) is 10.3 Å². The van der Waals surface area contributed by atoms with Gasteiger partial charge in [-0.3, -0.25) is 9.59 Å². The van der Waals surface area contributed by atoms with Crippen molar-refractivity contribution in [3.63, 3.8) is 0 Å². The average Bonchev–Trinajstić information content (AvgIpc) is 2.63. The first-order valence-corrected chi connectivity index (χ1v) is 6.60. The molecule has 1 amide bonds. The predicted octanol–water partition coefficient (Wildman–Crippen LogP) is 2.18. The highest BCUT2D eigenvalue weighted by atomic mass is 32.2. The number of ketones is 1. The number of carbonyl (C=O) groups is 2. The van der Waals surface area contributed by atoms with Crippen LogP contribution < -0.4 is 5.32 Å². The third-order valence-corrected chi connectivity index (χ3v) is 4.54. The molecule has 1 aliphatic heterocycles. The van der Waals surface area contributed by atoms with E-state index in [2.05, 4.69) is 5.32 Å². The van der Waals surface area contributed by atoms with Crippen LogP contribution >= 0.6 is 23.1 Å². The van der Waals surface area contributed by atoms with Crippen molar-refractivity contribution in [1.82, 2.24) is 5.32 Å². The molecule has 0 aromatic carbocycles. The zero-order chi connectivity index (χ0) is 10.8. The van der Waals surface area contributed by atoms with Crippen LogP contribution in [0.1, 0.15) is 33.4 Å². The summed E-state index contributed by atoms with van der Waals surface area (Å²) in [5.41, 5.74) is 0.734. The average molecular weight is 241 g/mol. The van der Waals surface area contributed by atoms with Crippen molar-refractivity contribution >= 4 is 34.8 Å². The molecule has 0 radical (unpaired) electrons. The molecular weight excluding hydrogens is 230 g/mol. The third-order valence-electron chi connectivity index (χ3n) is 2.12. The maximum Gasteiger partial charge on any atom is 0.261 e. The fraction of sp³-hybridized carbons (Fsp3) is 0.400. The standard InChI is InChI=1S/C10H11NO2S2/c1-2-11-9(13)8-5-6-7(12)3-4-14-10(6)15-8/h5H,2-4H2,1H3,(H,11,13). The van der Waals surface area contributed by atoms with Gasteiger partial charge in [0.2, 0.25) is 0 Å². The van der Waals surface area contributed by atoms with Gasteiger partial charge in [0, 0.05) is 24.3 Å². The maximum absolute atomic E-state index is 11.5. The van der Waals surface area contributed by atoms with Crippen molar-refractivity contribution in [2.24, 2.45) is 0 Å².